The van der Waals surface area contributed by atoms with Crippen LogP contribution in [0.1, 0.15) is 17.5 Å². The van der Waals surface area contributed by atoms with Gasteiger partial charge in [0.2, 0.25) is 0 Å². The Hall–Kier alpha value is -2.08. The van der Waals surface area contributed by atoms with E-state index in [0.717, 1.165) is 50.6 Å². The molecular weight excluding hydrogens is 340 g/mol. The topological polar surface area (TPSA) is 45.2 Å². The number of methoxy groups -OCH3 is 2. The number of aliphatic hydroxyl groups is 1. The lowest BCUT2D eigenvalue weighted by atomic mass is 10.1. The van der Waals surface area contributed by atoms with Crippen LogP contribution in [0.3, 0.4) is 0 Å². The molecule has 0 saturated carbocycles. The number of ether oxygens (including phenoxy) is 2. The minimum atomic E-state index is 0.218. The van der Waals surface area contributed by atoms with Crippen molar-refractivity contribution in [1.82, 2.24) is 9.80 Å². The SMILES string of the molecule is COc1ccc(CN2CCN(Cc3cccc(OC)c3)[C@H](CCO)C2)cc1. The summed E-state index contributed by atoms with van der Waals surface area (Å²) >= 11 is 0. The van der Waals surface area contributed by atoms with E-state index in [-0.39, 0.29) is 6.61 Å². The van der Waals surface area contributed by atoms with Gasteiger partial charge in [0.15, 0.2) is 0 Å². The molecule has 2 aromatic rings. The number of nitrogens with zero attached hydrogens (tertiary/aromatic N) is 2. The lowest BCUT2D eigenvalue weighted by Crippen LogP contribution is -2.52. The van der Waals surface area contributed by atoms with Crippen LogP contribution in [0.4, 0.5) is 0 Å². The van der Waals surface area contributed by atoms with Gasteiger partial charge in [0.25, 0.3) is 0 Å². The molecule has 1 aliphatic rings. The summed E-state index contributed by atoms with van der Waals surface area (Å²) in [6, 6.07) is 16.9. The van der Waals surface area contributed by atoms with Crippen molar-refractivity contribution in [3.63, 3.8) is 0 Å². The first-order valence-electron chi connectivity index (χ1n) is 9.55. The summed E-state index contributed by atoms with van der Waals surface area (Å²) in [5, 5.41) is 9.54. The van der Waals surface area contributed by atoms with Crippen LogP contribution in [-0.2, 0) is 13.1 Å². The highest BCUT2D eigenvalue weighted by molar-refractivity contribution is 5.29. The molecule has 0 radical (unpaired) electrons. The monoisotopic (exact) mass is 370 g/mol. The first kappa shape index (κ1) is 19.7. The van der Waals surface area contributed by atoms with Gasteiger partial charge in [0.1, 0.15) is 11.5 Å². The van der Waals surface area contributed by atoms with Crippen molar-refractivity contribution in [3.8, 4) is 11.5 Å². The van der Waals surface area contributed by atoms with Crippen LogP contribution in [0.15, 0.2) is 48.5 Å². The third kappa shape index (κ3) is 5.45. The average molecular weight is 370 g/mol. The maximum absolute atomic E-state index is 9.54. The smallest absolute Gasteiger partial charge is 0.119 e. The van der Waals surface area contributed by atoms with Gasteiger partial charge >= 0.3 is 0 Å². The second-order valence-corrected chi connectivity index (χ2v) is 7.07. The van der Waals surface area contributed by atoms with Crippen LogP contribution in [0.5, 0.6) is 11.5 Å². The molecule has 1 aliphatic heterocycles. The maximum atomic E-state index is 9.54. The normalized spacial score (nSPS) is 18.4. The predicted octanol–water partition coefficient (Wildman–Crippen LogP) is 2.77. The van der Waals surface area contributed by atoms with E-state index in [1.54, 1.807) is 14.2 Å². The van der Waals surface area contributed by atoms with Crippen molar-refractivity contribution in [2.45, 2.75) is 25.6 Å². The second-order valence-electron chi connectivity index (χ2n) is 7.07. The minimum absolute atomic E-state index is 0.218. The Bertz CT molecular complexity index is 705. The summed E-state index contributed by atoms with van der Waals surface area (Å²) in [6.45, 7) is 5.03. The van der Waals surface area contributed by atoms with Crippen molar-refractivity contribution in [3.05, 3.63) is 59.7 Å². The van der Waals surface area contributed by atoms with Gasteiger partial charge in [-0.1, -0.05) is 24.3 Å². The molecule has 0 aromatic heterocycles. The quantitative estimate of drug-likeness (QED) is 0.774. The molecule has 3 rings (SSSR count). The molecule has 5 heteroatoms. The van der Waals surface area contributed by atoms with E-state index >= 15 is 0 Å². The van der Waals surface area contributed by atoms with Crippen LogP contribution < -0.4 is 9.47 Å². The molecule has 0 aliphatic carbocycles. The molecule has 5 nitrogen and oxygen atoms in total. The van der Waals surface area contributed by atoms with Gasteiger partial charge in [-0.25, -0.2) is 0 Å². The van der Waals surface area contributed by atoms with E-state index in [4.69, 9.17) is 9.47 Å². The number of piperazine rings is 1. The van der Waals surface area contributed by atoms with E-state index in [1.807, 2.05) is 24.3 Å². The Labute approximate surface area is 162 Å². The van der Waals surface area contributed by atoms with Crippen LogP contribution in [0.2, 0.25) is 0 Å². The fourth-order valence-electron chi connectivity index (χ4n) is 3.73. The standard InChI is InChI=1S/C22H30N2O3/c1-26-21-8-6-18(7-9-21)15-23-11-12-24(20(17-23)10-13-25)16-19-4-3-5-22(14-19)27-2/h3-9,14,20,25H,10-13,15-17H2,1-2H3/t20-/m1/s1. The molecule has 2 aromatic carbocycles. The summed E-state index contributed by atoms with van der Waals surface area (Å²) in [4.78, 5) is 4.96. The first-order chi connectivity index (χ1) is 13.2. The minimum Gasteiger partial charge on any atom is -0.497 e. The van der Waals surface area contributed by atoms with Gasteiger partial charge in [-0.2, -0.15) is 0 Å². The summed E-state index contributed by atoms with van der Waals surface area (Å²) in [5.74, 6) is 1.78. The lowest BCUT2D eigenvalue weighted by Gasteiger charge is -2.41. The van der Waals surface area contributed by atoms with Crippen LogP contribution in [0, 0.1) is 0 Å². The summed E-state index contributed by atoms with van der Waals surface area (Å²) in [6.07, 6.45) is 0.795. The van der Waals surface area contributed by atoms with Crippen molar-refractivity contribution in [1.29, 1.82) is 0 Å². The fraction of sp³-hybridized carbons (Fsp3) is 0.455. The zero-order valence-electron chi connectivity index (χ0n) is 16.3. The van der Waals surface area contributed by atoms with Crippen molar-refractivity contribution in [2.75, 3.05) is 40.5 Å². The highest BCUT2D eigenvalue weighted by Gasteiger charge is 2.26. The van der Waals surface area contributed by atoms with E-state index in [0.29, 0.717) is 6.04 Å². The predicted molar refractivity (Wildman–Crippen MR) is 107 cm³/mol. The van der Waals surface area contributed by atoms with E-state index in [1.165, 1.54) is 11.1 Å². The van der Waals surface area contributed by atoms with Crippen molar-refractivity contribution < 1.29 is 14.6 Å². The Balaban J connectivity index is 1.61. The molecule has 27 heavy (non-hydrogen) atoms. The van der Waals surface area contributed by atoms with Crippen LogP contribution in [-0.4, -0.2) is 61.4 Å². The Morgan fingerprint density at radius 3 is 2.41 bits per heavy atom. The van der Waals surface area contributed by atoms with E-state index in [2.05, 4.69) is 34.1 Å². The molecular formula is C22H30N2O3. The molecule has 1 atom stereocenters. The van der Waals surface area contributed by atoms with Gasteiger partial charge in [-0.05, 0) is 41.8 Å². The highest BCUT2D eigenvalue weighted by atomic mass is 16.5. The van der Waals surface area contributed by atoms with Gasteiger partial charge in [-0.15, -0.1) is 0 Å². The molecule has 0 bridgehead atoms. The number of benzene rings is 2. The maximum Gasteiger partial charge on any atom is 0.119 e. The van der Waals surface area contributed by atoms with Crippen LogP contribution >= 0.6 is 0 Å². The van der Waals surface area contributed by atoms with Gasteiger partial charge < -0.3 is 14.6 Å². The van der Waals surface area contributed by atoms with Gasteiger partial charge in [0.05, 0.1) is 14.2 Å². The van der Waals surface area contributed by atoms with Crippen LogP contribution in [0.25, 0.3) is 0 Å². The molecule has 0 amide bonds. The number of hydrogen-bond acceptors (Lipinski definition) is 5. The fourth-order valence-corrected chi connectivity index (χ4v) is 3.73. The zero-order chi connectivity index (χ0) is 19.1. The van der Waals surface area contributed by atoms with E-state index in [9.17, 15) is 5.11 Å². The summed E-state index contributed by atoms with van der Waals surface area (Å²) in [5.41, 5.74) is 2.54. The lowest BCUT2D eigenvalue weighted by molar-refractivity contribution is 0.0499. The zero-order valence-corrected chi connectivity index (χ0v) is 16.3. The Kier molecular flexibility index (Phi) is 7.10. The third-order valence-electron chi connectivity index (χ3n) is 5.24. The Morgan fingerprint density at radius 2 is 1.70 bits per heavy atom. The van der Waals surface area contributed by atoms with Gasteiger partial charge in [0, 0.05) is 45.4 Å². The molecule has 1 heterocycles. The number of aliphatic hydroxyl groups excluding tert-OH is 1. The van der Waals surface area contributed by atoms with Gasteiger partial charge in [-0.3, -0.25) is 9.80 Å². The first-order valence-corrected chi connectivity index (χ1v) is 9.55. The Morgan fingerprint density at radius 1 is 0.926 bits per heavy atom. The number of rotatable bonds is 8. The molecule has 146 valence electrons. The van der Waals surface area contributed by atoms with Crippen molar-refractivity contribution >= 4 is 0 Å². The molecule has 0 spiro atoms. The third-order valence-corrected chi connectivity index (χ3v) is 5.24. The number of hydrogen-bond donors (Lipinski definition) is 1. The summed E-state index contributed by atoms with van der Waals surface area (Å²) < 4.78 is 10.6. The molecule has 1 fully saturated rings. The highest BCUT2D eigenvalue weighted by Crippen LogP contribution is 2.21. The van der Waals surface area contributed by atoms with E-state index < -0.39 is 0 Å². The second kappa shape index (κ2) is 9.74. The van der Waals surface area contributed by atoms with Crippen molar-refractivity contribution in [2.24, 2.45) is 0 Å². The molecule has 1 N–H and O–H groups in total. The molecule has 1 saturated heterocycles. The largest absolute Gasteiger partial charge is 0.497 e. The molecule has 0 unspecified atom stereocenters. The average Bonchev–Trinajstić information content (AvgIpc) is 2.71. The summed E-state index contributed by atoms with van der Waals surface area (Å²) in [7, 11) is 3.39.